The summed E-state index contributed by atoms with van der Waals surface area (Å²) in [5.41, 5.74) is 8.39. The Morgan fingerprint density at radius 2 is 1.96 bits per heavy atom. The van der Waals surface area contributed by atoms with Crippen molar-refractivity contribution in [2.75, 3.05) is 0 Å². The van der Waals surface area contributed by atoms with Gasteiger partial charge < -0.3 is 10.7 Å². The van der Waals surface area contributed by atoms with Crippen LogP contribution >= 0.6 is 0 Å². The van der Waals surface area contributed by atoms with Crippen LogP contribution in [-0.2, 0) is 0 Å². The fourth-order valence-electron chi connectivity index (χ4n) is 2.76. The number of carbonyl (C=O) groups excluding carboxylic acids is 1. The number of nitrogens with zero attached hydrogens (tertiary/aromatic N) is 2. The van der Waals surface area contributed by atoms with Crippen molar-refractivity contribution in [2.45, 2.75) is 0 Å². The second-order valence-electron chi connectivity index (χ2n) is 5.56. The van der Waals surface area contributed by atoms with Gasteiger partial charge in [0.25, 0.3) is 5.91 Å². The van der Waals surface area contributed by atoms with Crippen LogP contribution in [0.15, 0.2) is 60.8 Å². The number of amides is 1. The van der Waals surface area contributed by atoms with Crippen LogP contribution in [0.25, 0.3) is 33.7 Å². The van der Waals surface area contributed by atoms with Crippen molar-refractivity contribution in [3.63, 3.8) is 0 Å². The molecule has 0 saturated heterocycles. The lowest BCUT2D eigenvalue weighted by Crippen LogP contribution is -2.11. The SMILES string of the molecule is NC(=O)c1cccc2[nH]c(-c3ccc(-c4ccccn4)cc3F)nc12. The lowest BCUT2D eigenvalue weighted by atomic mass is 10.1. The molecule has 4 aromatic rings. The molecule has 1 amide bonds. The monoisotopic (exact) mass is 332 g/mol. The van der Waals surface area contributed by atoms with Gasteiger partial charge in [0, 0.05) is 11.8 Å². The highest BCUT2D eigenvalue weighted by Crippen LogP contribution is 2.28. The summed E-state index contributed by atoms with van der Waals surface area (Å²) in [7, 11) is 0. The maximum absolute atomic E-state index is 14.6. The minimum atomic E-state index is -0.574. The van der Waals surface area contributed by atoms with E-state index in [9.17, 15) is 9.18 Å². The van der Waals surface area contributed by atoms with E-state index in [-0.39, 0.29) is 0 Å². The van der Waals surface area contributed by atoms with Crippen LogP contribution < -0.4 is 5.73 Å². The van der Waals surface area contributed by atoms with Crippen LogP contribution in [0.1, 0.15) is 10.4 Å². The van der Waals surface area contributed by atoms with Gasteiger partial charge in [-0.05, 0) is 36.4 Å². The van der Waals surface area contributed by atoms with Crippen molar-refractivity contribution in [3.05, 3.63) is 72.2 Å². The number of carbonyl (C=O) groups is 1. The Labute approximate surface area is 142 Å². The minimum Gasteiger partial charge on any atom is -0.366 e. The van der Waals surface area contributed by atoms with Gasteiger partial charge in [0.1, 0.15) is 17.2 Å². The van der Waals surface area contributed by atoms with Crippen LogP contribution in [-0.4, -0.2) is 20.9 Å². The van der Waals surface area contributed by atoms with Crippen LogP contribution in [0.3, 0.4) is 0 Å². The maximum atomic E-state index is 14.6. The summed E-state index contributed by atoms with van der Waals surface area (Å²) in [6, 6.07) is 15.4. The molecule has 0 aliphatic heterocycles. The summed E-state index contributed by atoms with van der Waals surface area (Å²) in [4.78, 5) is 23.1. The molecule has 2 aromatic heterocycles. The van der Waals surface area contributed by atoms with Gasteiger partial charge in [-0.3, -0.25) is 9.78 Å². The highest BCUT2D eigenvalue weighted by atomic mass is 19.1. The molecule has 0 fully saturated rings. The van der Waals surface area contributed by atoms with Crippen LogP contribution in [0, 0.1) is 5.82 Å². The van der Waals surface area contributed by atoms with Crippen LogP contribution in [0.4, 0.5) is 4.39 Å². The molecule has 0 unspecified atom stereocenters. The zero-order chi connectivity index (χ0) is 17.4. The molecule has 0 aliphatic rings. The van der Waals surface area contributed by atoms with Crippen LogP contribution in [0.2, 0.25) is 0 Å². The number of halogens is 1. The van der Waals surface area contributed by atoms with Gasteiger partial charge in [0.2, 0.25) is 0 Å². The first kappa shape index (κ1) is 15.0. The Hall–Kier alpha value is -3.54. The molecule has 122 valence electrons. The lowest BCUT2D eigenvalue weighted by Gasteiger charge is -2.04. The molecule has 25 heavy (non-hydrogen) atoms. The predicted octanol–water partition coefficient (Wildman–Crippen LogP) is 3.53. The Bertz CT molecular complexity index is 1090. The Kier molecular flexibility index (Phi) is 3.50. The van der Waals surface area contributed by atoms with Gasteiger partial charge in [-0.15, -0.1) is 0 Å². The van der Waals surface area contributed by atoms with Gasteiger partial charge >= 0.3 is 0 Å². The van der Waals surface area contributed by atoms with Crippen molar-refractivity contribution in [1.82, 2.24) is 15.0 Å². The number of imidazole rings is 1. The average Bonchev–Trinajstić information content (AvgIpc) is 3.06. The molecule has 4 rings (SSSR count). The number of aromatic amines is 1. The first-order valence-electron chi connectivity index (χ1n) is 7.63. The third-order valence-electron chi connectivity index (χ3n) is 3.96. The van der Waals surface area contributed by atoms with E-state index in [0.717, 1.165) is 0 Å². The second-order valence-corrected chi connectivity index (χ2v) is 5.56. The molecule has 0 atom stereocenters. The van der Waals surface area contributed by atoms with Gasteiger partial charge in [-0.25, -0.2) is 9.37 Å². The molecule has 0 spiro atoms. The summed E-state index contributed by atoms with van der Waals surface area (Å²) in [5.74, 6) is -0.661. The van der Waals surface area contributed by atoms with E-state index in [2.05, 4.69) is 15.0 Å². The number of hydrogen-bond acceptors (Lipinski definition) is 3. The molecular weight excluding hydrogens is 319 g/mol. The van der Waals surface area contributed by atoms with Crippen LogP contribution in [0.5, 0.6) is 0 Å². The number of aromatic nitrogens is 3. The molecule has 3 N–H and O–H groups in total. The van der Waals surface area contributed by atoms with Crippen molar-refractivity contribution in [2.24, 2.45) is 5.73 Å². The van der Waals surface area contributed by atoms with Crippen molar-refractivity contribution in [3.8, 4) is 22.6 Å². The number of nitrogens with two attached hydrogens (primary N) is 1. The quantitative estimate of drug-likeness (QED) is 0.602. The number of rotatable bonds is 3. The Morgan fingerprint density at radius 1 is 1.08 bits per heavy atom. The van der Waals surface area contributed by atoms with Crippen molar-refractivity contribution < 1.29 is 9.18 Å². The lowest BCUT2D eigenvalue weighted by molar-refractivity contribution is 0.100. The number of para-hydroxylation sites is 1. The van der Waals surface area contributed by atoms with E-state index >= 15 is 0 Å². The normalized spacial score (nSPS) is 10.9. The van der Waals surface area contributed by atoms with E-state index in [4.69, 9.17) is 5.73 Å². The number of primary amides is 1. The van der Waals surface area contributed by atoms with E-state index in [0.29, 0.717) is 39.2 Å². The zero-order valence-corrected chi connectivity index (χ0v) is 13.0. The predicted molar refractivity (Wildman–Crippen MR) is 93.2 cm³/mol. The molecule has 0 aliphatic carbocycles. The molecular formula is C19H13FN4O. The summed E-state index contributed by atoms with van der Waals surface area (Å²) in [5, 5.41) is 0. The van der Waals surface area contributed by atoms with E-state index in [1.54, 1.807) is 42.6 Å². The van der Waals surface area contributed by atoms with Gasteiger partial charge in [-0.2, -0.15) is 0 Å². The summed E-state index contributed by atoms with van der Waals surface area (Å²) >= 11 is 0. The number of fused-ring (bicyclic) bond motifs is 1. The molecule has 2 heterocycles. The zero-order valence-electron chi connectivity index (χ0n) is 13.0. The van der Waals surface area contributed by atoms with Crippen molar-refractivity contribution in [1.29, 1.82) is 0 Å². The second kappa shape index (κ2) is 5.83. The van der Waals surface area contributed by atoms with Gasteiger partial charge in [0.05, 0.1) is 22.3 Å². The fraction of sp³-hybridized carbons (Fsp3) is 0. The minimum absolute atomic E-state index is 0.297. The number of benzene rings is 2. The maximum Gasteiger partial charge on any atom is 0.250 e. The Morgan fingerprint density at radius 3 is 2.68 bits per heavy atom. The standard InChI is InChI=1S/C19H13FN4O/c20-14-10-11(15-5-1-2-9-22-15)7-8-12(14)19-23-16-6-3-4-13(18(21)25)17(16)24-19/h1-10H,(H2,21,25)(H,23,24). The third kappa shape index (κ3) is 2.63. The summed E-state index contributed by atoms with van der Waals surface area (Å²) in [6.45, 7) is 0. The highest BCUT2D eigenvalue weighted by molar-refractivity contribution is 6.04. The largest absolute Gasteiger partial charge is 0.366 e. The average molecular weight is 332 g/mol. The number of pyridine rings is 1. The smallest absolute Gasteiger partial charge is 0.250 e. The summed E-state index contributed by atoms with van der Waals surface area (Å²) < 4.78 is 14.6. The summed E-state index contributed by atoms with van der Waals surface area (Å²) in [6.07, 6.45) is 1.66. The van der Waals surface area contributed by atoms with E-state index in [1.165, 1.54) is 6.07 Å². The molecule has 0 saturated carbocycles. The highest BCUT2D eigenvalue weighted by Gasteiger charge is 2.15. The number of H-pyrrole nitrogens is 1. The van der Waals surface area contributed by atoms with E-state index < -0.39 is 11.7 Å². The fourth-order valence-corrected chi connectivity index (χ4v) is 2.76. The molecule has 0 radical (unpaired) electrons. The first-order valence-corrected chi connectivity index (χ1v) is 7.63. The third-order valence-corrected chi connectivity index (χ3v) is 3.96. The van der Waals surface area contributed by atoms with Crippen molar-refractivity contribution >= 4 is 16.9 Å². The molecule has 2 aromatic carbocycles. The topological polar surface area (TPSA) is 84.7 Å². The van der Waals surface area contributed by atoms with Gasteiger partial charge in [-0.1, -0.05) is 18.2 Å². The molecule has 0 bridgehead atoms. The number of nitrogens with one attached hydrogen (secondary N) is 1. The molecule has 6 heteroatoms. The number of hydrogen-bond donors (Lipinski definition) is 2. The first-order chi connectivity index (χ1) is 12.1. The van der Waals surface area contributed by atoms with E-state index in [1.807, 2.05) is 12.1 Å². The molecule has 5 nitrogen and oxygen atoms in total. The Balaban J connectivity index is 1.81. The van der Waals surface area contributed by atoms with Gasteiger partial charge in [0.15, 0.2) is 0 Å².